The minimum Gasteiger partial charge on any atom is -0.489 e. The molecule has 1 heterocycles. The van der Waals surface area contributed by atoms with Gasteiger partial charge >= 0.3 is 0 Å². The lowest BCUT2D eigenvalue weighted by Crippen LogP contribution is -2.30. The minimum atomic E-state index is -0.511. The van der Waals surface area contributed by atoms with Gasteiger partial charge in [0.05, 0.1) is 0 Å². The number of hydrogen-bond acceptors (Lipinski definition) is 3. The molecular weight excluding hydrogens is 394 g/mol. The van der Waals surface area contributed by atoms with Gasteiger partial charge in [0.1, 0.15) is 24.0 Å². The average molecular weight is 423 g/mol. The largest absolute Gasteiger partial charge is 0.489 e. The third-order valence-corrected chi connectivity index (χ3v) is 5.59. The summed E-state index contributed by atoms with van der Waals surface area (Å²) in [6, 6.07) is 22.2. The first kappa shape index (κ1) is 21.5. The lowest BCUT2D eigenvalue weighted by molar-refractivity contribution is 0.246. The summed E-state index contributed by atoms with van der Waals surface area (Å²) in [5, 5.41) is 0. The van der Waals surface area contributed by atoms with Crippen molar-refractivity contribution >= 4 is 0 Å². The van der Waals surface area contributed by atoms with E-state index in [2.05, 4.69) is 34.1 Å². The molecule has 1 fully saturated rings. The van der Waals surface area contributed by atoms with E-state index < -0.39 is 11.6 Å². The second-order valence-corrected chi connectivity index (χ2v) is 8.10. The van der Waals surface area contributed by atoms with Crippen LogP contribution in [0.25, 0.3) is 0 Å². The van der Waals surface area contributed by atoms with Crippen molar-refractivity contribution in [1.29, 1.82) is 0 Å². The highest BCUT2D eigenvalue weighted by molar-refractivity contribution is 5.28. The van der Waals surface area contributed by atoms with Crippen LogP contribution in [0.2, 0.25) is 0 Å². The fourth-order valence-electron chi connectivity index (χ4n) is 3.99. The molecule has 0 saturated carbocycles. The maximum atomic E-state index is 13.5. The standard InChI is InChI=1S/C26H28F2N2O/c27-24-15-23(16-25(28)17-24)19-30-12-4-11-29(13-14-30)18-21-7-9-26(10-8-21)31-20-22-5-2-1-3-6-22/h1-3,5-10,15-17H,4,11-14,18-20H2. The normalized spacial score (nSPS) is 15.5. The van der Waals surface area contributed by atoms with Gasteiger partial charge in [-0.1, -0.05) is 42.5 Å². The first-order valence-electron chi connectivity index (χ1n) is 10.8. The zero-order valence-corrected chi connectivity index (χ0v) is 17.6. The molecule has 0 atom stereocenters. The van der Waals surface area contributed by atoms with Crippen molar-refractivity contribution in [3.8, 4) is 5.75 Å². The average Bonchev–Trinajstić information content (AvgIpc) is 2.98. The van der Waals surface area contributed by atoms with E-state index in [9.17, 15) is 8.78 Å². The number of rotatable bonds is 7. The van der Waals surface area contributed by atoms with Crippen molar-refractivity contribution in [2.24, 2.45) is 0 Å². The highest BCUT2D eigenvalue weighted by Gasteiger charge is 2.16. The van der Waals surface area contributed by atoms with E-state index in [-0.39, 0.29) is 0 Å². The Balaban J connectivity index is 1.26. The zero-order chi connectivity index (χ0) is 21.5. The molecule has 162 valence electrons. The molecule has 0 aliphatic carbocycles. The smallest absolute Gasteiger partial charge is 0.126 e. The number of hydrogen-bond donors (Lipinski definition) is 0. The number of nitrogens with zero attached hydrogens (tertiary/aromatic N) is 2. The summed E-state index contributed by atoms with van der Waals surface area (Å²) in [5.41, 5.74) is 3.10. The molecule has 31 heavy (non-hydrogen) atoms. The highest BCUT2D eigenvalue weighted by atomic mass is 19.1. The van der Waals surface area contributed by atoms with Gasteiger partial charge in [0.15, 0.2) is 0 Å². The third kappa shape index (κ3) is 6.61. The first-order valence-corrected chi connectivity index (χ1v) is 10.8. The fraction of sp³-hybridized carbons (Fsp3) is 0.308. The Labute approximate surface area is 182 Å². The van der Waals surface area contributed by atoms with Crippen LogP contribution in [0.1, 0.15) is 23.1 Å². The summed E-state index contributed by atoms with van der Waals surface area (Å²) in [5.74, 6) is -0.151. The second kappa shape index (κ2) is 10.5. The molecule has 0 amide bonds. The lowest BCUT2D eigenvalue weighted by Gasteiger charge is -2.22. The van der Waals surface area contributed by atoms with Crippen LogP contribution in [0.3, 0.4) is 0 Å². The van der Waals surface area contributed by atoms with E-state index in [1.807, 2.05) is 30.3 Å². The Morgan fingerprint density at radius 2 is 1.26 bits per heavy atom. The van der Waals surface area contributed by atoms with Gasteiger partial charge in [0.25, 0.3) is 0 Å². The van der Waals surface area contributed by atoms with Gasteiger partial charge in [0, 0.05) is 32.2 Å². The number of ether oxygens (including phenoxy) is 1. The molecule has 0 unspecified atom stereocenters. The van der Waals surface area contributed by atoms with E-state index >= 15 is 0 Å². The molecule has 0 spiro atoms. The quantitative estimate of drug-likeness (QED) is 0.517. The van der Waals surface area contributed by atoms with Crippen LogP contribution in [0.15, 0.2) is 72.8 Å². The van der Waals surface area contributed by atoms with Crippen LogP contribution in [-0.2, 0) is 19.7 Å². The van der Waals surface area contributed by atoms with Gasteiger partial charge < -0.3 is 4.74 Å². The van der Waals surface area contributed by atoms with Gasteiger partial charge in [-0.2, -0.15) is 0 Å². The number of halogens is 2. The van der Waals surface area contributed by atoms with Crippen LogP contribution in [0.4, 0.5) is 8.78 Å². The summed E-state index contributed by atoms with van der Waals surface area (Å²) in [7, 11) is 0. The van der Waals surface area contributed by atoms with Crippen molar-refractivity contribution < 1.29 is 13.5 Å². The molecule has 1 aliphatic rings. The van der Waals surface area contributed by atoms with Gasteiger partial charge in [-0.05, 0) is 60.5 Å². The van der Waals surface area contributed by atoms with E-state index in [1.54, 1.807) is 0 Å². The van der Waals surface area contributed by atoms with Crippen molar-refractivity contribution in [2.75, 3.05) is 26.2 Å². The predicted molar refractivity (Wildman–Crippen MR) is 119 cm³/mol. The molecule has 5 heteroatoms. The van der Waals surface area contributed by atoms with Gasteiger partial charge in [0.2, 0.25) is 0 Å². The molecule has 0 bridgehead atoms. The molecule has 0 aromatic heterocycles. The molecule has 0 N–H and O–H groups in total. The summed E-state index contributed by atoms with van der Waals surface area (Å²) in [4.78, 5) is 4.71. The SMILES string of the molecule is Fc1cc(F)cc(CN2CCCN(Cc3ccc(OCc4ccccc4)cc3)CC2)c1. The molecule has 3 aromatic rings. The zero-order valence-electron chi connectivity index (χ0n) is 17.6. The first-order chi connectivity index (χ1) is 15.1. The Bertz CT molecular complexity index is 943. The fourth-order valence-corrected chi connectivity index (χ4v) is 3.99. The van der Waals surface area contributed by atoms with E-state index in [4.69, 9.17) is 4.74 Å². The van der Waals surface area contributed by atoms with Crippen LogP contribution >= 0.6 is 0 Å². The maximum Gasteiger partial charge on any atom is 0.126 e. The summed E-state index contributed by atoms with van der Waals surface area (Å²) < 4.78 is 32.8. The molecule has 0 radical (unpaired) electrons. The minimum absolute atomic E-state index is 0.511. The van der Waals surface area contributed by atoms with Crippen molar-refractivity contribution in [3.63, 3.8) is 0 Å². The second-order valence-electron chi connectivity index (χ2n) is 8.10. The van der Waals surface area contributed by atoms with E-state index in [1.165, 1.54) is 17.7 Å². The number of benzene rings is 3. The summed E-state index contributed by atoms with van der Waals surface area (Å²) in [6.07, 6.45) is 1.04. The van der Waals surface area contributed by atoms with Crippen molar-refractivity contribution in [2.45, 2.75) is 26.1 Å². The monoisotopic (exact) mass is 422 g/mol. The Kier molecular flexibility index (Phi) is 7.28. The molecule has 3 nitrogen and oxygen atoms in total. The van der Waals surface area contributed by atoms with E-state index in [0.29, 0.717) is 18.7 Å². The lowest BCUT2D eigenvalue weighted by atomic mass is 10.2. The molecule has 3 aromatic carbocycles. The Morgan fingerprint density at radius 3 is 1.90 bits per heavy atom. The van der Waals surface area contributed by atoms with Crippen molar-refractivity contribution in [3.05, 3.63) is 101 Å². The molecular formula is C26H28F2N2O. The molecule has 1 aliphatic heterocycles. The predicted octanol–water partition coefficient (Wildman–Crippen LogP) is 5.25. The summed E-state index contributed by atoms with van der Waals surface area (Å²) >= 11 is 0. The summed E-state index contributed by atoms with van der Waals surface area (Å²) in [6.45, 7) is 5.80. The van der Waals surface area contributed by atoms with Gasteiger partial charge in [-0.25, -0.2) is 8.78 Å². The Hall–Kier alpha value is -2.76. The highest BCUT2D eigenvalue weighted by Crippen LogP contribution is 2.17. The Morgan fingerprint density at radius 1 is 0.645 bits per heavy atom. The topological polar surface area (TPSA) is 15.7 Å². The van der Waals surface area contributed by atoms with Crippen LogP contribution < -0.4 is 4.74 Å². The van der Waals surface area contributed by atoms with Crippen LogP contribution in [-0.4, -0.2) is 36.0 Å². The third-order valence-electron chi connectivity index (χ3n) is 5.59. The molecule has 4 rings (SSSR count). The van der Waals surface area contributed by atoms with Crippen LogP contribution in [0, 0.1) is 11.6 Å². The van der Waals surface area contributed by atoms with Crippen LogP contribution in [0.5, 0.6) is 5.75 Å². The molecule has 1 saturated heterocycles. The van der Waals surface area contributed by atoms with Crippen molar-refractivity contribution in [1.82, 2.24) is 9.80 Å². The maximum absolute atomic E-state index is 13.5. The van der Waals surface area contributed by atoms with E-state index in [0.717, 1.165) is 56.5 Å². The van der Waals surface area contributed by atoms with Gasteiger partial charge in [-0.3, -0.25) is 9.80 Å². The van der Waals surface area contributed by atoms with Gasteiger partial charge in [-0.15, -0.1) is 0 Å².